The van der Waals surface area contributed by atoms with Crippen molar-refractivity contribution >= 4 is 17.5 Å². The monoisotopic (exact) mass is 188 g/mol. The topological polar surface area (TPSA) is 17.1 Å². The van der Waals surface area contributed by atoms with Gasteiger partial charge >= 0.3 is 0 Å². The minimum Gasteiger partial charge on any atom is -0.299 e. The van der Waals surface area contributed by atoms with E-state index < -0.39 is 0 Å². The molecule has 0 aromatic rings. The smallest absolute Gasteiger partial charge is 0.142 e. The molecule has 0 aromatic carbocycles. The number of Topliss-reactive ketones (excluding diaryl/α,β-unsaturated/α-hetero) is 1. The third-order valence-electron chi connectivity index (χ3n) is 1.35. The van der Waals surface area contributed by atoms with Gasteiger partial charge in [0.25, 0.3) is 0 Å². The predicted octanol–water partition coefficient (Wildman–Crippen LogP) is 2.99. The van der Waals surface area contributed by atoms with Gasteiger partial charge in [-0.3, -0.25) is 4.79 Å². The zero-order valence-electron chi connectivity index (χ0n) is 8.59. The van der Waals surface area contributed by atoms with Crippen LogP contribution in [0.15, 0.2) is 0 Å². The van der Waals surface area contributed by atoms with Crippen LogP contribution in [0.3, 0.4) is 0 Å². The highest BCUT2D eigenvalue weighted by Crippen LogP contribution is 2.10. The van der Waals surface area contributed by atoms with Crippen LogP contribution in [0.1, 0.15) is 34.1 Å². The second kappa shape index (κ2) is 6.53. The second-order valence-electron chi connectivity index (χ2n) is 4.05. The van der Waals surface area contributed by atoms with Crippen molar-refractivity contribution in [3.8, 4) is 0 Å². The molecule has 0 amide bonds. The van der Waals surface area contributed by atoms with E-state index in [1.54, 1.807) is 11.8 Å². The lowest BCUT2D eigenvalue weighted by Gasteiger charge is -2.05. The summed E-state index contributed by atoms with van der Waals surface area (Å²) in [5, 5.41) is 0. The Labute approximate surface area is 80.3 Å². The average molecular weight is 188 g/mol. The van der Waals surface area contributed by atoms with E-state index in [0.717, 1.165) is 12.2 Å². The molecule has 12 heavy (non-hydrogen) atoms. The molecule has 0 heterocycles. The minimum absolute atomic E-state index is 0.399. The number of carbonyl (C=O) groups is 1. The maximum atomic E-state index is 11.2. The van der Waals surface area contributed by atoms with Gasteiger partial charge in [-0.15, -0.1) is 0 Å². The van der Waals surface area contributed by atoms with Crippen LogP contribution >= 0.6 is 11.8 Å². The average Bonchev–Trinajstić information content (AvgIpc) is 1.84. The normalized spacial score (nSPS) is 11.2. The third-order valence-corrected chi connectivity index (χ3v) is 2.78. The van der Waals surface area contributed by atoms with Gasteiger partial charge in [0, 0.05) is 6.42 Å². The van der Waals surface area contributed by atoms with Gasteiger partial charge in [-0.25, -0.2) is 0 Å². The van der Waals surface area contributed by atoms with Crippen molar-refractivity contribution in [3.05, 3.63) is 0 Å². The number of carbonyl (C=O) groups excluding carboxylic acids is 1. The Morgan fingerprint density at radius 1 is 1.17 bits per heavy atom. The van der Waals surface area contributed by atoms with Crippen LogP contribution in [0.2, 0.25) is 0 Å². The molecule has 0 radical (unpaired) electrons. The van der Waals surface area contributed by atoms with Crippen LogP contribution in [0.4, 0.5) is 0 Å². The van der Waals surface area contributed by atoms with E-state index in [0.29, 0.717) is 23.4 Å². The summed E-state index contributed by atoms with van der Waals surface area (Å²) < 4.78 is 0. The molecule has 0 N–H and O–H groups in total. The molecule has 0 bridgehead atoms. The molecular formula is C10H20OS. The van der Waals surface area contributed by atoms with E-state index in [2.05, 4.69) is 27.7 Å². The summed E-state index contributed by atoms with van der Waals surface area (Å²) in [6.07, 6.45) is 0.741. The fourth-order valence-electron chi connectivity index (χ4n) is 0.923. The quantitative estimate of drug-likeness (QED) is 0.637. The zero-order valence-corrected chi connectivity index (χ0v) is 9.41. The summed E-state index contributed by atoms with van der Waals surface area (Å²) in [6, 6.07) is 0. The summed E-state index contributed by atoms with van der Waals surface area (Å²) in [4.78, 5) is 11.2. The molecule has 0 atom stereocenters. The molecule has 1 nitrogen and oxygen atoms in total. The Hall–Kier alpha value is 0.0200. The van der Waals surface area contributed by atoms with Crippen LogP contribution in [0.5, 0.6) is 0 Å². The summed E-state index contributed by atoms with van der Waals surface area (Å²) in [5.74, 6) is 3.41. The predicted molar refractivity (Wildman–Crippen MR) is 56.6 cm³/mol. The van der Waals surface area contributed by atoms with E-state index in [1.807, 2.05) is 0 Å². The fraction of sp³-hybridized carbons (Fsp3) is 0.900. The van der Waals surface area contributed by atoms with Crippen LogP contribution in [0.25, 0.3) is 0 Å². The highest BCUT2D eigenvalue weighted by molar-refractivity contribution is 7.99. The van der Waals surface area contributed by atoms with E-state index in [9.17, 15) is 4.79 Å². The highest BCUT2D eigenvalue weighted by atomic mass is 32.2. The first-order valence-electron chi connectivity index (χ1n) is 4.61. The lowest BCUT2D eigenvalue weighted by atomic mass is 10.1. The summed E-state index contributed by atoms with van der Waals surface area (Å²) in [5.41, 5.74) is 0. The van der Waals surface area contributed by atoms with E-state index in [4.69, 9.17) is 0 Å². The Kier molecular flexibility index (Phi) is 6.54. The van der Waals surface area contributed by atoms with Crippen molar-refractivity contribution in [1.82, 2.24) is 0 Å². The molecule has 0 aromatic heterocycles. The van der Waals surface area contributed by atoms with Gasteiger partial charge in [0.15, 0.2) is 0 Å². The van der Waals surface area contributed by atoms with Gasteiger partial charge in [-0.1, -0.05) is 27.7 Å². The fourth-order valence-corrected chi connectivity index (χ4v) is 1.86. The van der Waals surface area contributed by atoms with Crippen molar-refractivity contribution in [3.63, 3.8) is 0 Å². The summed E-state index contributed by atoms with van der Waals surface area (Å²) in [7, 11) is 0. The standard InChI is InChI=1S/C10H20OS/c1-8(2)5-10(11)7-12-6-9(3)4/h8-9H,5-7H2,1-4H3. The molecule has 0 aliphatic carbocycles. The molecule has 0 unspecified atom stereocenters. The van der Waals surface area contributed by atoms with Gasteiger partial charge < -0.3 is 0 Å². The first-order chi connectivity index (χ1) is 5.52. The summed E-state index contributed by atoms with van der Waals surface area (Å²) >= 11 is 1.76. The second-order valence-corrected chi connectivity index (χ2v) is 5.08. The Bertz CT molecular complexity index is 130. The van der Waals surface area contributed by atoms with E-state index in [-0.39, 0.29) is 0 Å². The molecule has 2 heteroatoms. The summed E-state index contributed by atoms with van der Waals surface area (Å²) in [6.45, 7) is 8.54. The molecular weight excluding hydrogens is 168 g/mol. The first kappa shape index (κ1) is 12.0. The van der Waals surface area contributed by atoms with Crippen LogP contribution in [0, 0.1) is 11.8 Å². The molecule has 0 spiro atoms. The van der Waals surface area contributed by atoms with Crippen LogP contribution < -0.4 is 0 Å². The molecule has 0 aliphatic rings. The van der Waals surface area contributed by atoms with Gasteiger partial charge in [0.2, 0.25) is 0 Å². The minimum atomic E-state index is 0.399. The number of thioether (sulfide) groups is 1. The molecule has 0 fully saturated rings. The molecule has 0 rings (SSSR count). The third kappa shape index (κ3) is 8.12. The van der Waals surface area contributed by atoms with Gasteiger partial charge in [0.1, 0.15) is 5.78 Å². The van der Waals surface area contributed by atoms with Crippen molar-refractivity contribution in [2.75, 3.05) is 11.5 Å². The number of hydrogen-bond acceptors (Lipinski definition) is 2. The lowest BCUT2D eigenvalue weighted by Crippen LogP contribution is -2.06. The Morgan fingerprint density at radius 2 is 1.75 bits per heavy atom. The largest absolute Gasteiger partial charge is 0.299 e. The molecule has 0 aliphatic heterocycles. The van der Waals surface area contributed by atoms with Gasteiger partial charge in [-0.2, -0.15) is 11.8 Å². The number of hydrogen-bond donors (Lipinski definition) is 0. The molecule has 0 saturated carbocycles. The Balaban J connectivity index is 3.32. The van der Waals surface area contributed by atoms with Crippen LogP contribution in [-0.2, 0) is 4.79 Å². The first-order valence-corrected chi connectivity index (χ1v) is 5.77. The van der Waals surface area contributed by atoms with E-state index >= 15 is 0 Å². The van der Waals surface area contributed by atoms with Crippen molar-refractivity contribution in [2.45, 2.75) is 34.1 Å². The van der Waals surface area contributed by atoms with Gasteiger partial charge in [-0.05, 0) is 17.6 Å². The molecule has 0 saturated heterocycles. The molecule has 72 valence electrons. The lowest BCUT2D eigenvalue weighted by molar-refractivity contribution is -0.117. The SMILES string of the molecule is CC(C)CSCC(=O)CC(C)C. The number of rotatable bonds is 6. The van der Waals surface area contributed by atoms with E-state index in [1.165, 1.54) is 0 Å². The van der Waals surface area contributed by atoms with Crippen molar-refractivity contribution in [2.24, 2.45) is 11.8 Å². The maximum absolute atomic E-state index is 11.2. The zero-order chi connectivity index (χ0) is 9.56. The highest BCUT2D eigenvalue weighted by Gasteiger charge is 2.05. The maximum Gasteiger partial charge on any atom is 0.142 e. The van der Waals surface area contributed by atoms with Crippen molar-refractivity contribution in [1.29, 1.82) is 0 Å². The number of ketones is 1. The van der Waals surface area contributed by atoms with Crippen LogP contribution in [-0.4, -0.2) is 17.3 Å². The Morgan fingerprint density at radius 3 is 2.17 bits per heavy atom. The van der Waals surface area contributed by atoms with Crippen molar-refractivity contribution < 1.29 is 4.79 Å². The van der Waals surface area contributed by atoms with Gasteiger partial charge in [0.05, 0.1) is 5.75 Å².